The maximum absolute atomic E-state index is 12.5. The molecule has 0 spiro atoms. The van der Waals surface area contributed by atoms with E-state index in [2.05, 4.69) is 0 Å². The van der Waals surface area contributed by atoms with Crippen molar-refractivity contribution in [3.05, 3.63) is 29.3 Å². The molecular weight excluding hydrogens is 259 g/mol. The molecule has 2 unspecified atom stereocenters. The zero-order chi connectivity index (χ0) is 14.0. The second-order valence-corrected chi connectivity index (χ2v) is 4.76. The van der Waals surface area contributed by atoms with Gasteiger partial charge in [0.05, 0.1) is 18.3 Å². The van der Waals surface area contributed by atoms with Crippen molar-refractivity contribution >= 4 is 5.69 Å². The summed E-state index contributed by atoms with van der Waals surface area (Å²) in [5, 5.41) is 10.2. The van der Waals surface area contributed by atoms with Crippen LogP contribution in [0.15, 0.2) is 18.2 Å². The Labute approximate surface area is 109 Å². The van der Waals surface area contributed by atoms with Crippen molar-refractivity contribution in [2.75, 3.05) is 18.9 Å². The number of halogens is 3. The van der Waals surface area contributed by atoms with Crippen LogP contribution in [0, 0.1) is 5.92 Å². The summed E-state index contributed by atoms with van der Waals surface area (Å²) < 4.78 is 42.8. The van der Waals surface area contributed by atoms with Gasteiger partial charge in [0.25, 0.3) is 0 Å². The summed E-state index contributed by atoms with van der Waals surface area (Å²) in [6, 6.07) is 3.05. The van der Waals surface area contributed by atoms with Gasteiger partial charge in [0.15, 0.2) is 0 Å². The molecule has 0 aromatic heterocycles. The Balaban J connectivity index is 2.20. The van der Waals surface area contributed by atoms with Gasteiger partial charge in [-0.3, -0.25) is 0 Å². The molecule has 1 saturated heterocycles. The van der Waals surface area contributed by atoms with Crippen LogP contribution in [0.4, 0.5) is 18.9 Å². The van der Waals surface area contributed by atoms with E-state index in [0.29, 0.717) is 18.8 Å². The predicted octanol–water partition coefficient (Wildman–Crippen LogP) is 2.75. The van der Waals surface area contributed by atoms with Crippen LogP contribution in [0.2, 0.25) is 0 Å². The minimum atomic E-state index is -4.43. The maximum atomic E-state index is 12.5. The van der Waals surface area contributed by atoms with Gasteiger partial charge in [-0.15, -0.1) is 0 Å². The smallest absolute Gasteiger partial charge is 0.398 e. The largest absolute Gasteiger partial charge is 0.416 e. The van der Waals surface area contributed by atoms with Gasteiger partial charge < -0.3 is 15.6 Å². The molecule has 2 rings (SSSR count). The third-order valence-electron chi connectivity index (χ3n) is 3.37. The van der Waals surface area contributed by atoms with E-state index in [1.165, 1.54) is 6.07 Å². The Morgan fingerprint density at radius 3 is 2.63 bits per heavy atom. The van der Waals surface area contributed by atoms with Crippen molar-refractivity contribution in [3.8, 4) is 0 Å². The van der Waals surface area contributed by atoms with Gasteiger partial charge in [-0.1, -0.05) is 6.07 Å². The second-order valence-electron chi connectivity index (χ2n) is 4.76. The van der Waals surface area contributed by atoms with Crippen LogP contribution in [0.1, 0.15) is 30.1 Å². The van der Waals surface area contributed by atoms with Crippen molar-refractivity contribution in [1.82, 2.24) is 0 Å². The van der Waals surface area contributed by atoms with E-state index in [1.807, 2.05) is 0 Å². The lowest BCUT2D eigenvalue weighted by Crippen LogP contribution is -2.24. The third kappa shape index (κ3) is 3.19. The molecule has 1 aliphatic rings. The maximum Gasteiger partial charge on any atom is 0.416 e. The van der Waals surface area contributed by atoms with Crippen LogP contribution < -0.4 is 5.73 Å². The standard InChI is InChI=1S/C13H16F3NO2/c14-13(15,16)9-3-4-10(11(17)6-9)12(18)8-2-1-5-19-7-8/h3-4,6,8,12,18H,1-2,5,7,17H2. The van der Waals surface area contributed by atoms with E-state index in [9.17, 15) is 18.3 Å². The Bertz CT molecular complexity index is 442. The molecule has 1 fully saturated rings. The topological polar surface area (TPSA) is 55.5 Å². The highest BCUT2D eigenvalue weighted by Crippen LogP contribution is 2.36. The zero-order valence-electron chi connectivity index (χ0n) is 10.3. The first-order chi connectivity index (χ1) is 8.89. The Kier molecular flexibility index (Phi) is 4.01. The van der Waals surface area contributed by atoms with Gasteiger partial charge in [0.2, 0.25) is 0 Å². The Morgan fingerprint density at radius 1 is 1.37 bits per heavy atom. The molecule has 6 heteroatoms. The summed E-state index contributed by atoms with van der Waals surface area (Å²) in [5.74, 6) is -0.118. The monoisotopic (exact) mass is 275 g/mol. The molecule has 1 aromatic rings. The third-order valence-corrected chi connectivity index (χ3v) is 3.37. The SMILES string of the molecule is Nc1cc(C(F)(F)F)ccc1C(O)C1CCCOC1. The minimum Gasteiger partial charge on any atom is -0.398 e. The number of nitrogens with two attached hydrogens (primary N) is 1. The van der Waals surface area contributed by atoms with Crippen LogP contribution >= 0.6 is 0 Å². The number of anilines is 1. The fourth-order valence-corrected chi connectivity index (χ4v) is 2.29. The lowest BCUT2D eigenvalue weighted by Gasteiger charge is -2.27. The highest BCUT2D eigenvalue weighted by atomic mass is 19.4. The minimum absolute atomic E-state index is 0.0344. The molecule has 1 aromatic carbocycles. The second kappa shape index (κ2) is 5.38. The van der Waals surface area contributed by atoms with Gasteiger partial charge in [0, 0.05) is 23.8 Å². The van der Waals surface area contributed by atoms with Crippen molar-refractivity contribution < 1.29 is 23.0 Å². The first-order valence-corrected chi connectivity index (χ1v) is 6.12. The molecule has 0 radical (unpaired) electrons. The number of aliphatic hydroxyl groups is 1. The van der Waals surface area contributed by atoms with E-state index < -0.39 is 17.8 Å². The van der Waals surface area contributed by atoms with E-state index in [-0.39, 0.29) is 11.6 Å². The van der Waals surface area contributed by atoms with Crippen LogP contribution in [0.3, 0.4) is 0 Å². The summed E-state index contributed by atoms with van der Waals surface area (Å²) in [6.07, 6.45) is -3.70. The fraction of sp³-hybridized carbons (Fsp3) is 0.538. The van der Waals surface area contributed by atoms with Crippen molar-refractivity contribution in [3.63, 3.8) is 0 Å². The molecule has 0 bridgehead atoms. The summed E-state index contributed by atoms with van der Waals surface area (Å²) in [7, 11) is 0. The number of aliphatic hydroxyl groups excluding tert-OH is 1. The normalized spacial score (nSPS) is 22.2. The summed E-state index contributed by atoms with van der Waals surface area (Å²) in [6.45, 7) is 1.06. The number of alkyl halides is 3. The highest BCUT2D eigenvalue weighted by Gasteiger charge is 2.32. The fourth-order valence-electron chi connectivity index (χ4n) is 2.29. The average molecular weight is 275 g/mol. The molecule has 0 aliphatic carbocycles. The van der Waals surface area contributed by atoms with Crippen molar-refractivity contribution in [2.45, 2.75) is 25.1 Å². The Hall–Kier alpha value is -1.27. The average Bonchev–Trinajstić information content (AvgIpc) is 2.38. The lowest BCUT2D eigenvalue weighted by molar-refractivity contribution is -0.137. The number of rotatable bonds is 2. The van der Waals surface area contributed by atoms with Crippen LogP contribution in [0.25, 0.3) is 0 Å². The van der Waals surface area contributed by atoms with E-state index in [1.54, 1.807) is 0 Å². The summed E-state index contributed by atoms with van der Waals surface area (Å²) in [4.78, 5) is 0. The molecule has 106 valence electrons. The van der Waals surface area contributed by atoms with Crippen LogP contribution in [0.5, 0.6) is 0 Å². The molecule has 0 amide bonds. The van der Waals surface area contributed by atoms with E-state index in [0.717, 1.165) is 25.0 Å². The van der Waals surface area contributed by atoms with Gasteiger partial charge in [-0.05, 0) is 25.0 Å². The molecular formula is C13H16F3NO2. The lowest BCUT2D eigenvalue weighted by atomic mass is 9.90. The number of benzene rings is 1. The number of hydrogen-bond acceptors (Lipinski definition) is 3. The molecule has 1 heterocycles. The highest BCUT2D eigenvalue weighted by molar-refractivity contribution is 5.51. The summed E-state index contributed by atoms with van der Waals surface area (Å²) in [5.41, 5.74) is 5.12. The molecule has 19 heavy (non-hydrogen) atoms. The number of ether oxygens (including phenoxy) is 1. The van der Waals surface area contributed by atoms with E-state index in [4.69, 9.17) is 10.5 Å². The number of nitrogen functional groups attached to an aromatic ring is 1. The Morgan fingerprint density at radius 2 is 2.11 bits per heavy atom. The quantitative estimate of drug-likeness (QED) is 0.816. The van der Waals surface area contributed by atoms with Crippen LogP contribution in [-0.4, -0.2) is 18.3 Å². The molecule has 3 N–H and O–H groups in total. The predicted molar refractivity (Wildman–Crippen MR) is 64.4 cm³/mol. The molecule has 0 saturated carbocycles. The molecule has 3 nitrogen and oxygen atoms in total. The van der Waals surface area contributed by atoms with Gasteiger partial charge in [-0.2, -0.15) is 13.2 Å². The molecule has 2 atom stereocenters. The first-order valence-electron chi connectivity index (χ1n) is 6.12. The zero-order valence-corrected chi connectivity index (χ0v) is 10.3. The van der Waals surface area contributed by atoms with Gasteiger partial charge in [-0.25, -0.2) is 0 Å². The van der Waals surface area contributed by atoms with Gasteiger partial charge in [0.1, 0.15) is 0 Å². The first kappa shape index (κ1) is 14.1. The molecule has 1 aliphatic heterocycles. The van der Waals surface area contributed by atoms with Crippen LogP contribution in [-0.2, 0) is 10.9 Å². The van der Waals surface area contributed by atoms with Crippen molar-refractivity contribution in [2.24, 2.45) is 5.92 Å². The number of hydrogen-bond donors (Lipinski definition) is 2. The van der Waals surface area contributed by atoms with Crippen molar-refractivity contribution in [1.29, 1.82) is 0 Å². The summed E-state index contributed by atoms with van der Waals surface area (Å²) >= 11 is 0. The van der Waals surface area contributed by atoms with E-state index >= 15 is 0 Å². The van der Waals surface area contributed by atoms with Gasteiger partial charge >= 0.3 is 6.18 Å².